The maximum atomic E-state index is 15.6. The number of hydrogen-bond acceptors (Lipinski definition) is 13. The molecule has 2 aliphatic rings. The molecule has 2 aliphatic heterocycles. The zero-order chi connectivity index (χ0) is 40.9. The summed E-state index contributed by atoms with van der Waals surface area (Å²) in [5.41, 5.74) is 3.03. The van der Waals surface area contributed by atoms with E-state index in [-0.39, 0.29) is 34.0 Å². The normalized spacial score (nSPS) is 15.2. The number of anilines is 3. The molecule has 0 radical (unpaired) electrons. The van der Waals surface area contributed by atoms with E-state index in [1.54, 1.807) is 23.9 Å². The molecule has 8 rings (SSSR count). The van der Waals surface area contributed by atoms with Crippen LogP contribution in [0.15, 0.2) is 100 Å². The fourth-order valence-electron chi connectivity index (χ4n) is 7.04. The van der Waals surface area contributed by atoms with Crippen molar-refractivity contribution in [1.82, 2.24) is 14.9 Å². The zero-order valence-corrected chi connectivity index (χ0v) is 35.0. The van der Waals surface area contributed by atoms with E-state index in [2.05, 4.69) is 25.5 Å². The number of morpholine rings is 1. The lowest BCUT2D eigenvalue weighted by Gasteiger charge is -2.29. The lowest BCUT2D eigenvalue weighted by atomic mass is 9.94. The van der Waals surface area contributed by atoms with E-state index in [1.165, 1.54) is 52.3 Å². The third-order valence-electron chi connectivity index (χ3n) is 10.2. The number of amides is 1. The van der Waals surface area contributed by atoms with Crippen molar-refractivity contribution in [3.63, 3.8) is 0 Å². The summed E-state index contributed by atoms with van der Waals surface area (Å²) in [6.45, 7) is 4.76. The molecule has 0 spiro atoms. The molecule has 59 heavy (non-hydrogen) atoms. The van der Waals surface area contributed by atoms with Crippen LogP contribution in [-0.4, -0.2) is 91.9 Å². The molecule has 0 aliphatic carbocycles. The van der Waals surface area contributed by atoms with Gasteiger partial charge in [-0.25, -0.2) is 27.2 Å². The predicted molar refractivity (Wildman–Crippen MR) is 230 cm³/mol. The molecule has 2 N–H and O–H groups in total. The molecule has 1 atom stereocenters. The Labute approximate surface area is 352 Å². The minimum atomic E-state index is -4.21. The number of nitrogens with zero attached hydrogens (tertiary/aromatic N) is 4. The lowest BCUT2D eigenvalue weighted by molar-refractivity contribution is 0.0370. The molecule has 1 fully saturated rings. The Balaban J connectivity index is 0.906. The summed E-state index contributed by atoms with van der Waals surface area (Å²) >= 11 is 4.06. The number of ether oxygens (including phenoxy) is 1. The van der Waals surface area contributed by atoms with Gasteiger partial charge in [0.2, 0.25) is 0 Å². The van der Waals surface area contributed by atoms with Crippen LogP contribution in [-0.2, 0) is 27.5 Å². The molecule has 6 aromatic rings. The number of thiazole rings is 2. The smallest absolute Gasteiger partial charge is 0.257 e. The van der Waals surface area contributed by atoms with Crippen LogP contribution < -0.4 is 15.5 Å². The number of halogens is 2. The lowest BCUT2D eigenvalue weighted by Crippen LogP contribution is -2.39. The first-order valence-corrected chi connectivity index (χ1v) is 23.4. The van der Waals surface area contributed by atoms with Crippen LogP contribution in [0.2, 0.25) is 0 Å². The van der Waals surface area contributed by atoms with Crippen LogP contribution in [0.1, 0.15) is 38.4 Å². The number of thioether (sulfide) groups is 1. The number of nitrogens with one attached hydrogen (secondary N) is 2. The molecule has 1 saturated heterocycles. The summed E-state index contributed by atoms with van der Waals surface area (Å²) in [6.07, 6.45) is 1.37. The number of aromatic nitrogens is 2. The molecule has 11 nitrogen and oxygen atoms in total. The Hall–Kier alpha value is -4.78. The second-order valence-electron chi connectivity index (χ2n) is 14.2. The molecule has 4 heterocycles. The van der Waals surface area contributed by atoms with Crippen molar-refractivity contribution >= 4 is 82.1 Å². The summed E-state index contributed by atoms with van der Waals surface area (Å²) in [6, 6.07) is 23.4. The van der Waals surface area contributed by atoms with E-state index >= 15 is 4.39 Å². The van der Waals surface area contributed by atoms with Gasteiger partial charge in [-0.3, -0.25) is 19.8 Å². The van der Waals surface area contributed by atoms with Gasteiger partial charge in [-0.15, -0.1) is 23.1 Å². The van der Waals surface area contributed by atoms with Crippen LogP contribution in [0, 0.1) is 11.6 Å². The fourth-order valence-corrected chi connectivity index (χ4v) is 11.0. The Kier molecular flexibility index (Phi) is 12.7. The van der Waals surface area contributed by atoms with Crippen LogP contribution >= 0.6 is 34.4 Å². The first-order chi connectivity index (χ1) is 28.6. The predicted octanol–water partition coefficient (Wildman–Crippen LogP) is 7.80. The standard InChI is InChI=1S/C42H40F2N6O5S4/c43-28-9-11-36-39(21-28)58-41(46-36)48-40(52)32-8-4-5-27-13-16-50(23-33(27)32)42-47-37(25-57-42)38(51)26-59(53,54)31-10-12-35(34(44)22-31)45-29(14-15-49-17-19-55-20-18-49)24-56-30-6-2-1-3-7-30/h1-12,21-22,25,29,45H,13-20,23-24,26H2,(H,46,48,52)/t29-/m0/s1. The number of Topliss-reactive ketones (excluding diaryl/α,β-unsaturated/α-hetero) is 1. The minimum absolute atomic E-state index is 0.00421. The molecule has 0 saturated carbocycles. The van der Waals surface area contributed by atoms with Crippen molar-refractivity contribution in [2.24, 2.45) is 0 Å². The van der Waals surface area contributed by atoms with Crippen molar-refractivity contribution in [3.05, 3.63) is 124 Å². The van der Waals surface area contributed by atoms with Crippen LogP contribution in [0.4, 0.5) is 24.7 Å². The average Bonchev–Trinajstić information content (AvgIpc) is 3.90. The molecule has 17 heteroatoms. The number of ketones is 1. The van der Waals surface area contributed by atoms with Gasteiger partial charge in [0.1, 0.15) is 23.1 Å². The van der Waals surface area contributed by atoms with E-state index in [4.69, 9.17) is 4.74 Å². The van der Waals surface area contributed by atoms with Gasteiger partial charge in [0, 0.05) is 60.4 Å². The van der Waals surface area contributed by atoms with Gasteiger partial charge < -0.3 is 15.0 Å². The largest absolute Gasteiger partial charge is 0.379 e. The minimum Gasteiger partial charge on any atom is -0.379 e. The number of rotatable bonds is 15. The number of sulfone groups is 1. The highest BCUT2D eigenvalue weighted by molar-refractivity contribution is 7.99. The Morgan fingerprint density at radius 1 is 0.949 bits per heavy atom. The third kappa shape index (κ3) is 9.99. The van der Waals surface area contributed by atoms with E-state index in [0.29, 0.717) is 64.5 Å². The van der Waals surface area contributed by atoms with Gasteiger partial charge in [-0.05, 0) is 78.6 Å². The van der Waals surface area contributed by atoms with Crippen LogP contribution in [0.5, 0.6) is 0 Å². The molecule has 306 valence electrons. The number of hydrogen-bond donors (Lipinski definition) is 2. The molecule has 1 amide bonds. The molecule has 4 aromatic carbocycles. The molecule has 0 unspecified atom stereocenters. The van der Waals surface area contributed by atoms with Gasteiger partial charge >= 0.3 is 0 Å². The zero-order valence-electron chi connectivity index (χ0n) is 31.7. The van der Waals surface area contributed by atoms with Crippen molar-refractivity contribution in [2.45, 2.75) is 35.2 Å². The van der Waals surface area contributed by atoms with Crippen LogP contribution in [0.3, 0.4) is 0 Å². The van der Waals surface area contributed by atoms with E-state index in [1.807, 2.05) is 47.4 Å². The van der Waals surface area contributed by atoms with Gasteiger partial charge in [-0.2, -0.15) is 0 Å². The highest BCUT2D eigenvalue weighted by atomic mass is 32.2. The number of carbonyl (C=O) groups is 2. The average molecular weight is 875 g/mol. The van der Waals surface area contributed by atoms with E-state index < -0.39 is 27.2 Å². The molecule has 0 bridgehead atoms. The first kappa shape index (κ1) is 41.0. The van der Waals surface area contributed by atoms with E-state index in [9.17, 15) is 22.4 Å². The highest BCUT2D eigenvalue weighted by Crippen LogP contribution is 2.32. The van der Waals surface area contributed by atoms with Crippen molar-refractivity contribution in [2.75, 3.05) is 66.4 Å². The van der Waals surface area contributed by atoms with Gasteiger partial charge in [0.15, 0.2) is 25.9 Å². The second kappa shape index (κ2) is 18.2. The number of carbonyl (C=O) groups excluding carboxylic acids is 2. The topological polar surface area (TPSA) is 134 Å². The summed E-state index contributed by atoms with van der Waals surface area (Å²) in [7, 11) is -4.21. The van der Waals surface area contributed by atoms with Gasteiger partial charge in [0.05, 0.1) is 34.0 Å². The van der Waals surface area contributed by atoms with Gasteiger partial charge in [0.25, 0.3) is 5.91 Å². The molecular formula is C42H40F2N6O5S4. The quantitative estimate of drug-likeness (QED) is 0.0774. The maximum absolute atomic E-state index is 15.6. The maximum Gasteiger partial charge on any atom is 0.257 e. The summed E-state index contributed by atoms with van der Waals surface area (Å²) in [5, 5.41) is 8.54. The van der Waals surface area contributed by atoms with E-state index in [0.717, 1.165) is 48.1 Å². The molecular weight excluding hydrogens is 835 g/mol. The SMILES string of the molecule is O=C(CS(=O)(=O)c1ccc(N[C@@H](CCN2CCOCC2)CSc2ccccc2)c(F)c1)c1csc(N2CCc3cccc(C(=O)Nc4nc5ccc(F)cc5s4)c3C2)n1. The molecule has 2 aromatic heterocycles. The van der Waals surface area contributed by atoms with Crippen LogP contribution in [0.25, 0.3) is 10.2 Å². The summed E-state index contributed by atoms with van der Waals surface area (Å²) in [4.78, 5) is 40.8. The van der Waals surface area contributed by atoms with Crippen molar-refractivity contribution in [3.8, 4) is 0 Å². The Morgan fingerprint density at radius 2 is 1.78 bits per heavy atom. The fraction of sp³-hybridized carbons (Fsp3) is 0.286. The number of fused-ring (bicyclic) bond motifs is 2. The van der Waals surface area contributed by atoms with Crippen molar-refractivity contribution in [1.29, 1.82) is 0 Å². The summed E-state index contributed by atoms with van der Waals surface area (Å²) in [5.74, 6) is -2.35. The number of benzene rings is 4. The summed E-state index contributed by atoms with van der Waals surface area (Å²) < 4.78 is 62.4. The Bertz CT molecular complexity index is 2580. The van der Waals surface area contributed by atoms with Crippen molar-refractivity contribution < 1.29 is 31.5 Å². The monoisotopic (exact) mass is 874 g/mol. The highest BCUT2D eigenvalue weighted by Gasteiger charge is 2.28. The third-order valence-corrected chi connectivity index (χ3v) is 14.8. The Morgan fingerprint density at radius 3 is 2.59 bits per heavy atom. The first-order valence-electron chi connectivity index (χ1n) is 19.1. The van der Waals surface area contributed by atoms with Gasteiger partial charge in [-0.1, -0.05) is 41.7 Å². The second-order valence-corrected chi connectivity index (χ2v) is 19.2.